The summed E-state index contributed by atoms with van der Waals surface area (Å²) in [6, 6.07) is 1.62. The molecule has 0 aliphatic heterocycles. The Morgan fingerprint density at radius 1 is 1.11 bits per heavy atom. The highest BCUT2D eigenvalue weighted by molar-refractivity contribution is 7.12. The number of rotatable bonds is 2. The molecule has 9 heteroatoms. The van der Waals surface area contributed by atoms with Gasteiger partial charge in [0.2, 0.25) is 0 Å². The lowest BCUT2D eigenvalue weighted by Crippen LogP contribution is -2.39. The van der Waals surface area contributed by atoms with Gasteiger partial charge in [0, 0.05) is 29.9 Å². The lowest BCUT2D eigenvalue weighted by Gasteiger charge is -2.20. The van der Waals surface area contributed by atoms with E-state index in [4.69, 9.17) is 11.6 Å². The van der Waals surface area contributed by atoms with Gasteiger partial charge in [-0.1, -0.05) is 18.5 Å². The Kier molecular flexibility index (Phi) is 4.20. The Balaban J connectivity index is 2.15. The van der Waals surface area contributed by atoms with E-state index in [1.54, 1.807) is 18.4 Å². The van der Waals surface area contributed by atoms with E-state index >= 15 is 0 Å². The average molecular weight is 416 g/mol. The number of ketones is 2. The predicted molar refractivity (Wildman–Crippen MR) is 108 cm³/mol. The fourth-order valence-electron chi connectivity index (χ4n) is 3.42. The zero-order chi connectivity index (χ0) is 20.3. The summed E-state index contributed by atoms with van der Waals surface area (Å²) >= 11 is 7.23. The summed E-state index contributed by atoms with van der Waals surface area (Å²) in [6.07, 6.45) is 1.59. The molecular weight excluding hydrogens is 402 g/mol. The number of carbonyl (C=O) groups excluding carboxylic acids is 2. The number of thiophene rings is 1. The smallest absolute Gasteiger partial charge is 0.289 e. The number of carbonyl (C=O) groups is 2. The fourth-order valence-corrected chi connectivity index (χ4v) is 4.51. The van der Waals surface area contributed by atoms with Crippen LogP contribution in [0, 0.1) is 0 Å². The summed E-state index contributed by atoms with van der Waals surface area (Å²) in [4.78, 5) is 56.4. The Hall–Kier alpha value is -2.84. The van der Waals surface area contributed by atoms with Gasteiger partial charge in [0.05, 0.1) is 27.2 Å². The van der Waals surface area contributed by atoms with E-state index in [9.17, 15) is 19.2 Å². The van der Waals surface area contributed by atoms with Crippen LogP contribution in [0.1, 0.15) is 38.2 Å². The molecule has 0 unspecified atom stereocenters. The van der Waals surface area contributed by atoms with E-state index in [0.717, 1.165) is 4.57 Å². The second-order valence-electron chi connectivity index (χ2n) is 6.45. The van der Waals surface area contributed by atoms with Crippen LogP contribution in [0.2, 0.25) is 5.02 Å². The van der Waals surface area contributed by atoms with Crippen LogP contribution in [0.5, 0.6) is 0 Å². The summed E-state index contributed by atoms with van der Waals surface area (Å²) in [5, 5.41) is 2.13. The molecule has 0 radical (unpaired) electrons. The molecule has 142 valence electrons. The van der Waals surface area contributed by atoms with Gasteiger partial charge >= 0.3 is 5.69 Å². The molecule has 0 atom stereocenters. The number of pyridine rings is 1. The zero-order valence-electron chi connectivity index (χ0n) is 15.2. The lowest BCUT2D eigenvalue weighted by atomic mass is 9.85. The van der Waals surface area contributed by atoms with Crippen molar-refractivity contribution < 1.29 is 9.59 Å². The van der Waals surface area contributed by atoms with Crippen LogP contribution in [0.15, 0.2) is 27.1 Å². The molecule has 1 aliphatic rings. The first-order chi connectivity index (χ1) is 13.3. The maximum absolute atomic E-state index is 13.3. The maximum Gasteiger partial charge on any atom is 0.332 e. The number of aryl methyl sites for hydroxylation is 2. The number of aromatic nitrogens is 3. The van der Waals surface area contributed by atoms with Gasteiger partial charge in [-0.2, -0.15) is 0 Å². The number of fused-ring (bicyclic) bond motifs is 3. The number of hydrogen-bond acceptors (Lipinski definition) is 6. The van der Waals surface area contributed by atoms with Gasteiger partial charge in [-0.05, 0) is 18.6 Å². The molecule has 0 spiro atoms. The van der Waals surface area contributed by atoms with Crippen molar-refractivity contribution in [1.82, 2.24) is 14.1 Å². The monoisotopic (exact) mass is 415 g/mol. The summed E-state index contributed by atoms with van der Waals surface area (Å²) in [6.45, 7) is 1.80. The first-order valence-electron chi connectivity index (χ1n) is 8.44. The molecule has 4 rings (SSSR count). The van der Waals surface area contributed by atoms with Gasteiger partial charge in [0.1, 0.15) is 5.65 Å². The Morgan fingerprint density at radius 3 is 2.43 bits per heavy atom. The summed E-state index contributed by atoms with van der Waals surface area (Å²) in [5.74, 6) is -0.845. The molecule has 0 saturated heterocycles. The standard InChI is InChI=1S/C19H14ClN3O4S/c1-4-10-13-14(15-17(21-10)22(2)19(27)23(3)18(15)26)11(24)6-9(16(13)25)12-5-8(20)7-28-12/h5-7H,4H2,1-3H3. The van der Waals surface area contributed by atoms with Gasteiger partial charge in [0.25, 0.3) is 5.56 Å². The molecule has 0 bridgehead atoms. The van der Waals surface area contributed by atoms with E-state index in [-0.39, 0.29) is 33.5 Å². The van der Waals surface area contributed by atoms with E-state index in [0.29, 0.717) is 22.0 Å². The van der Waals surface area contributed by atoms with E-state index < -0.39 is 17.0 Å². The number of allylic oxidation sites excluding steroid dienone is 2. The normalized spacial score (nSPS) is 13.8. The number of Topliss-reactive ketones (excluding diaryl/α,β-unsaturated/α-hetero) is 1. The SMILES string of the molecule is CCc1nc2c(c3c1C(=O)C(c1cc(Cl)cs1)=CC3=O)c(=O)n(C)c(=O)n2C. The molecule has 0 N–H and O–H groups in total. The summed E-state index contributed by atoms with van der Waals surface area (Å²) < 4.78 is 2.12. The van der Waals surface area contributed by atoms with Crippen LogP contribution in [0.4, 0.5) is 0 Å². The van der Waals surface area contributed by atoms with Crippen molar-refractivity contribution in [2.45, 2.75) is 13.3 Å². The van der Waals surface area contributed by atoms with E-state index in [1.165, 1.54) is 36.1 Å². The fraction of sp³-hybridized carbons (Fsp3) is 0.211. The minimum Gasteiger partial charge on any atom is -0.289 e. The van der Waals surface area contributed by atoms with E-state index in [2.05, 4.69) is 4.98 Å². The molecule has 0 fully saturated rings. The van der Waals surface area contributed by atoms with Gasteiger partial charge in [0.15, 0.2) is 11.6 Å². The number of hydrogen-bond donors (Lipinski definition) is 0. The van der Waals surface area contributed by atoms with Crippen molar-refractivity contribution in [2.75, 3.05) is 0 Å². The molecule has 28 heavy (non-hydrogen) atoms. The van der Waals surface area contributed by atoms with Gasteiger partial charge in [-0.25, -0.2) is 9.78 Å². The summed E-state index contributed by atoms with van der Waals surface area (Å²) in [7, 11) is 2.81. The molecule has 7 nitrogen and oxygen atoms in total. The second-order valence-corrected chi connectivity index (χ2v) is 7.79. The third-order valence-corrected chi connectivity index (χ3v) is 6.14. The molecule has 1 aliphatic carbocycles. The average Bonchev–Trinajstić information content (AvgIpc) is 3.11. The van der Waals surface area contributed by atoms with Gasteiger partial charge in [-0.15, -0.1) is 11.3 Å². The van der Waals surface area contributed by atoms with Crippen LogP contribution in [0.25, 0.3) is 16.6 Å². The van der Waals surface area contributed by atoms with Crippen LogP contribution in [0.3, 0.4) is 0 Å². The minimum atomic E-state index is -0.651. The highest BCUT2D eigenvalue weighted by atomic mass is 35.5. The van der Waals surface area contributed by atoms with Crippen LogP contribution >= 0.6 is 22.9 Å². The van der Waals surface area contributed by atoms with E-state index in [1.807, 2.05) is 0 Å². The highest BCUT2D eigenvalue weighted by Crippen LogP contribution is 2.35. The van der Waals surface area contributed by atoms with Crippen LogP contribution in [-0.4, -0.2) is 25.7 Å². The van der Waals surface area contributed by atoms with Crippen molar-refractivity contribution in [3.63, 3.8) is 0 Å². The van der Waals surface area contributed by atoms with Crippen LogP contribution in [-0.2, 0) is 20.5 Å². The third-order valence-electron chi connectivity index (χ3n) is 4.82. The molecule has 0 amide bonds. The molecule has 3 aromatic rings. The largest absolute Gasteiger partial charge is 0.332 e. The quantitative estimate of drug-likeness (QED) is 0.640. The predicted octanol–water partition coefficient (Wildman–Crippen LogP) is 2.37. The van der Waals surface area contributed by atoms with Crippen molar-refractivity contribution in [3.05, 3.63) is 65.1 Å². The number of nitrogens with zero attached hydrogens (tertiary/aromatic N) is 3. The molecule has 3 heterocycles. The molecule has 0 aromatic carbocycles. The maximum atomic E-state index is 13.3. The van der Waals surface area contributed by atoms with Crippen molar-refractivity contribution >= 4 is 51.1 Å². The first-order valence-corrected chi connectivity index (χ1v) is 9.69. The zero-order valence-corrected chi connectivity index (χ0v) is 16.8. The Morgan fingerprint density at radius 2 is 1.82 bits per heavy atom. The lowest BCUT2D eigenvalue weighted by molar-refractivity contribution is 0.100. The minimum absolute atomic E-state index is 0.00875. The highest BCUT2D eigenvalue weighted by Gasteiger charge is 2.34. The van der Waals surface area contributed by atoms with Crippen molar-refractivity contribution in [1.29, 1.82) is 0 Å². The first kappa shape index (κ1) is 18.5. The molecule has 0 saturated carbocycles. The number of halogens is 1. The van der Waals surface area contributed by atoms with Crippen molar-refractivity contribution in [3.8, 4) is 0 Å². The van der Waals surface area contributed by atoms with Crippen LogP contribution < -0.4 is 11.2 Å². The Labute approximate surface area is 167 Å². The Bertz CT molecular complexity index is 1360. The van der Waals surface area contributed by atoms with Gasteiger partial charge in [-0.3, -0.25) is 23.5 Å². The molecule has 3 aromatic heterocycles. The second kappa shape index (κ2) is 6.35. The third kappa shape index (κ3) is 2.45. The van der Waals surface area contributed by atoms with Gasteiger partial charge < -0.3 is 0 Å². The molecular formula is C19H14ClN3O4S. The topological polar surface area (TPSA) is 91.0 Å². The van der Waals surface area contributed by atoms with Crippen molar-refractivity contribution in [2.24, 2.45) is 14.1 Å². The summed E-state index contributed by atoms with van der Waals surface area (Å²) in [5.41, 5.74) is -0.370.